The number of alkyl halides is 3. The van der Waals surface area contributed by atoms with Gasteiger partial charge in [0.1, 0.15) is 0 Å². The summed E-state index contributed by atoms with van der Waals surface area (Å²) in [5.41, 5.74) is -5.63. The van der Waals surface area contributed by atoms with Crippen LogP contribution in [-0.4, -0.2) is 32.8 Å². The summed E-state index contributed by atoms with van der Waals surface area (Å²) in [6, 6.07) is 0. The van der Waals surface area contributed by atoms with E-state index in [2.05, 4.69) is 11.3 Å². The van der Waals surface area contributed by atoms with Gasteiger partial charge in [-0.1, -0.05) is 13.5 Å². The standard InChI is InChI=1S/C8H11F3O4S/c1-5(6(2)7(12)15-3)4-16(13,14)8(9,10)11/h5H,2,4H2,1,3H3. The van der Waals surface area contributed by atoms with Crippen LogP contribution in [0.5, 0.6) is 0 Å². The van der Waals surface area contributed by atoms with Crippen molar-refractivity contribution in [2.75, 3.05) is 12.9 Å². The van der Waals surface area contributed by atoms with Crippen LogP contribution in [0.4, 0.5) is 13.2 Å². The molecule has 0 N–H and O–H groups in total. The van der Waals surface area contributed by atoms with Gasteiger partial charge in [-0.25, -0.2) is 13.2 Å². The van der Waals surface area contributed by atoms with Crippen LogP contribution in [0.2, 0.25) is 0 Å². The van der Waals surface area contributed by atoms with Gasteiger partial charge >= 0.3 is 11.5 Å². The summed E-state index contributed by atoms with van der Waals surface area (Å²) in [4.78, 5) is 10.9. The van der Waals surface area contributed by atoms with Crippen molar-refractivity contribution >= 4 is 15.8 Å². The molecule has 0 aliphatic carbocycles. The fourth-order valence-corrected chi connectivity index (χ4v) is 1.90. The average molecular weight is 260 g/mol. The smallest absolute Gasteiger partial charge is 0.466 e. The Morgan fingerprint density at radius 3 is 2.19 bits per heavy atom. The van der Waals surface area contributed by atoms with E-state index in [1.807, 2.05) is 0 Å². The van der Waals surface area contributed by atoms with E-state index < -0.39 is 33.0 Å². The lowest BCUT2D eigenvalue weighted by molar-refractivity contribution is -0.136. The second kappa shape index (κ2) is 4.86. The number of halogens is 3. The van der Waals surface area contributed by atoms with E-state index in [0.717, 1.165) is 14.0 Å². The molecule has 1 unspecified atom stereocenters. The number of hydrogen-bond acceptors (Lipinski definition) is 4. The molecule has 8 heteroatoms. The molecule has 0 spiro atoms. The Morgan fingerprint density at radius 2 is 1.88 bits per heavy atom. The molecular formula is C8H11F3O4S. The molecule has 0 amide bonds. The third-order valence-corrected chi connectivity index (χ3v) is 3.51. The van der Waals surface area contributed by atoms with Crippen molar-refractivity contribution in [2.24, 2.45) is 5.92 Å². The van der Waals surface area contributed by atoms with Crippen LogP contribution in [0.1, 0.15) is 6.92 Å². The molecule has 0 saturated heterocycles. The van der Waals surface area contributed by atoms with Gasteiger partial charge in [0.2, 0.25) is 9.84 Å². The van der Waals surface area contributed by atoms with Crippen molar-refractivity contribution in [1.29, 1.82) is 0 Å². The lowest BCUT2D eigenvalue weighted by atomic mass is 10.1. The monoisotopic (exact) mass is 260 g/mol. The first kappa shape index (κ1) is 14.9. The summed E-state index contributed by atoms with van der Waals surface area (Å²) in [7, 11) is -4.23. The fourth-order valence-electron chi connectivity index (χ4n) is 0.856. The third kappa shape index (κ3) is 3.51. The molecule has 0 heterocycles. The highest BCUT2D eigenvalue weighted by Crippen LogP contribution is 2.27. The molecule has 0 fully saturated rings. The zero-order valence-corrected chi connectivity index (χ0v) is 9.48. The average Bonchev–Trinajstić information content (AvgIpc) is 2.12. The van der Waals surface area contributed by atoms with Gasteiger partial charge in [0.15, 0.2) is 0 Å². The predicted octanol–water partition coefficient (Wildman–Crippen LogP) is 1.29. The van der Waals surface area contributed by atoms with Crippen LogP contribution in [-0.2, 0) is 19.4 Å². The molecule has 0 aromatic carbocycles. The van der Waals surface area contributed by atoms with Gasteiger partial charge < -0.3 is 4.74 Å². The molecule has 0 saturated carbocycles. The van der Waals surface area contributed by atoms with Crippen molar-refractivity contribution in [1.82, 2.24) is 0 Å². The Morgan fingerprint density at radius 1 is 1.44 bits per heavy atom. The summed E-state index contributed by atoms with van der Waals surface area (Å²) in [5, 5.41) is 0. The Labute approximate surface area is 91.0 Å². The molecule has 4 nitrogen and oxygen atoms in total. The van der Waals surface area contributed by atoms with Gasteiger partial charge in [-0.05, 0) is 0 Å². The number of carbonyl (C=O) groups is 1. The summed E-state index contributed by atoms with van der Waals surface area (Å²) >= 11 is 0. The van der Waals surface area contributed by atoms with Crippen molar-refractivity contribution in [3.63, 3.8) is 0 Å². The van der Waals surface area contributed by atoms with Crippen LogP contribution in [0, 0.1) is 5.92 Å². The number of sulfone groups is 1. The van der Waals surface area contributed by atoms with Gasteiger partial charge in [0, 0.05) is 11.5 Å². The maximum Gasteiger partial charge on any atom is 0.497 e. The lowest BCUT2D eigenvalue weighted by Crippen LogP contribution is -2.30. The molecule has 16 heavy (non-hydrogen) atoms. The maximum atomic E-state index is 12.0. The highest BCUT2D eigenvalue weighted by atomic mass is 32.2. The molecule has 0 aliphatic heterocycles. The summed E-state index contributed by atoms with van der Waals surface area (Å²) < 4.78 is 61.8. The second-order valence-electron chi connectivity index (χ2n) is 3.15. The van der Waals surface area contributed by atoms with Crippen molar-refractivity contribution in [2.45, 2.75) is 12.4 Å². The SMILES string of the molecule is C=C(C(=O)OC)C(C)CS(=O)(=O)C(F)(F)F. The van der Waals surface area contributed by atoms with E-state index in [1.54, 1.807) is 0 Å². The van der Waals surface area contributed by atoms with E-state index in [-0.39, 0.29) is 5.57 Å². The van der Waals surface area contributed by atoms with Gasteiger partial charge in [-0.2, -0.15) is 13.2 Å². The van der Waals surface area contributed by atoms with E-state index in [1.165, 1.54) is 0 Å². The summed E-state index contributed by atoms with van der Waals surface area (Å²) in [5.74, 6) is -3.30. The highest BCUT2D eigenvalue weighted by Gasteiger charge is 2.46. The van der Waals surface area contributed by atoms with E-state index in [0.29, 0.717) is 0 Å². The van der Waals surface area contributed by atoms with Crippen molar-refractivity contribution in [3.8, 4) is 0 Å². The first-order chi connectivity index (χ1) is 7.03. The zero-order valence-electron chi connectivity index (χ0n) is 8.67. The zero-order chi connectivity index (χ0) is 13.1. The molecular weight excluding hydrogens is 249 g/mol. The minimum absolute atomic E-state index is 0.310. The number of methoxy groups -OCH3 is 1. The van der Waals surface area contributed by atoms with Gasteiger partial charge in [0.05, 0.1) is 12.9 Å². The first-order valence-corrected chi connectivity index (χ1v) is 5.74. The molecule has 0 aromatic heterocycles. The molecule has 0 aliphatic rings. The third-order valence-electron chi connectivity index (χ3n) is 1.86. The fraction of sp³-hybridized carbons (Fsp3) is 0.625. The first-order valence-electron chi connectivity index (χ1n) is 4.09. The van der Waals surface area contributed by atoms with Crippen molar-refractivity contribution in [3.05, 3.63) is 12.2 Å². The lowest BCUT2D eigenvalue weighted by Gasteiger charge is -2.14. The topological polar surface area (TPSA) is 60.4 Å². The van der Waals surface area contributed by atoms with Crippen LogP contribution < -0.4 is 0 Å². The number of rotatable bonds is 4. The minimum Gasteiger partial charge on any atom is -0.466 e. The van der Waals surface area contributed by atoms with E-state index >= 15 is 0 Å². The quantitative estimate of drug-likeness (QED) is 0.564. The predicted molar refractivity (Wildman–Crippen MR) is 50.2 cm³/mol. The normalized spacial score (nSPS) is 14.3. The van der Waals surface area contributed by atoms with Crippen LogP contribution in [0.15, 0.2) is 12.2 Å². The molecule has 0 radical (unpaired) electrons. The number of hydrogen-bond donors (Lipinski definition) is 0. The van der Waals surface area contributed by atoms with E-state index in [9.17, 15) is 26.4 Å². The van der Waals surface area contributed by atoms with Crippen LogP contribution >= 0.6 is 0 Å². The molecule has 1 atom stereocenters. The van der Waals surface area contributed by atoms with Gasteiger partial charge in [-0.15, -0.1) is 0 Å². The molecule has 94 valence electrons. The second-order valence-corrected chi connectivity index (χ2v) is 5.17. The van der Waals surface area contributed by atoms with Gasteiger partial charge in [0.25, 0.3) is 0 Å². The maximum absolute atomic E-state index is 12.0. The summed E-state index contributed by atoms with van der Waals surface area (Å²) in [6.07, 6.45) is 0. The summed E-state index contributed by atoms with van der Waals surface area (Å²) in [6.45, 7) is 4.34. The molecule has 0 bridgehead atoms. The molecule has 0 aromatic rings. The minimum atomic E-state index is -5.32. The number of carbonyl (C=O) groups excluding carboxylic acids is 1. The highest BCUT2D eigenvalue weighted by molar-refractivity contribution is 7.92. The van der Waals surface area contributed by atoms with Crippen LogP contribution in [0.25, 0.3) is 0 Å². The number of ether oxygens (including phenoxy) is 1. The molecule has 0 rings (SSSR count). The number of esters is 1. The Hall–Kier alpha value is -1.05. The Balaban J connectivity index is 4.78. The Kier molecular flexibility index (Phi) is 4.54. The largest absolute Gasteiger partial charge is 0.497 e. The van der Waals surface area contributed by atoms with Crippen molar-refractivity contribution < 1.29 is 31.1 Å². The van der Waals surface area contributed by atoms with E-state index in [4.69, 9.17) is 0 Å². The Bertz CT molecular complexity index is 383. The van der Waals surface area contributed by atoms with Gasteiger partial charge in [-0.3, -0.25) is 0 Å². The van der Waals surface area contributed by atoms with Crippen LogP contribution in [0.3, 0.4) is 0 Å².